The minimum Gasteiger partial charge on any atom is -0.493 e. The molecule has 1 aliphatic carbocycles. The highest BCUT2D eigenvalue weighted by atomic mass is 35.5. The van der Waals surface area contributed by atoms with Gasteiger partial charge >= 0.3 is 0 Å². The van der Waals surface area contributed by atoms with Gasteiger partial charge in [-0.1, -0.05) is 61.7 Å². The number of fused-ring (bicyclic) bond motifs is 1. The van der Waals surface area contributed by atoms with Gasteiger partial charge in [0.15, 0.2) is 17.3 Å². The van der Waals surface area contributed by atoms with Gasteiger partial charge < -0.3 is 14.8 Å². The molecule has 7 heteroatoms. The minimum absolute atomic E-state index is 0.00348. The summed E-state index contributed by atoms with van der Waals surface area (Å²) in [5.41, 5.74) is 4.85. The Kier molecular flexibility index (Phi) is 8.46. The van der Waals surface area contributed by atoms with Gasteiger partial charge in [-0.05, 0) is 66.3 Å². The Morgan fingerprint density at radius 2 is 1.75 bits per heavy atom. The Morgan fingerprint density at radius 1 is 0.950 bits per heavy atom. The van der Waals surface area contributed by atoms with Gasteiger partial charge in [0.25, 0.3) is 0 Å². The van der Waals surface area contributed by atoms with Crippen molar-refractivity contribution >= 4 is 34.7 Å². The molecule has 1 aliphatic heterocycles. The van der Waals surface area contributed by atoms with Crippen LogP contribution in [-0.2, 0) is 9.59 Å². The van der Waals surface area contributed by atoms with E-state index in [4.69, 9.17) is 21.1 Å². The summed E-state index contributed by atoms with van der Waals surface area (Å²) in [6.45, 7) is 2.12. The highest BCUT2D eigenvalue weighted by molar-refractivity contribution is 6.30. The van der Waals surface area contributed by atoms with Crippen molar-refractivity contribution in [1.82, 2.24) is 0 Å². The van der Waals surface area contributed by atoms with Crippen LogP contribution >= 0.6 is 11.6 Å². The van der Waals surface area contributed by atoms with Gasteiger partial charge in [-0.2, -0.15) is 0 Å². The Labute approximate surface area is 240 Å². The SMILES string of the molecule is CCCCCC(=O)N1c2ccccc2NC2=C(C(=O)C[C@H](c3ccc(OC)c(OC)c3)C2)[C@H]1c1cccc(Cl)c1. The molecule has 6 nitrogen and oxygen atoms in total. The van der Waals surface area contributed by atoms with Crippen molar-refractivity contribution in [1.29, 1.82) is 0 Å². The number of amides is 1. The number of ether oxygens (including phenoxy) is 2. The zero-order chi connectivity index (χ0) is 28.2. The fraction of sp³-hybridized carbons (Fsp3) is 0.333. The standard InChI is InChI=1S/C33H35ClN2O4/c1-4-5-6-14-31(38)36-27-13-8-7-12-25(27)35-26-18-23(21-15-16-29(39-2)30(20-21)40-3)19-28(37)32(26)33(36)22-10-9-11-24(34)17-22/h7-13,15-17,20,23,33,35H,4-6,14,18-19H2,1-3H3/t23-,33-/m1/s1. The number of hydrogen-bond acceptors (Lipinski definition) is 5. The van der Waals surface area contributed by atoms with E-state index in [1.165, 1.54) is 0 Å². The Morgan fingerprint density at radius 3 is 2.50 bits per heavy atom. The number of halogens is 1. The van der Waals surface area contributed by atoms with Gasteiger partial charge in [-0.3, -0.25) is 14.5 Å². The van der Waals surface area contributed by atoms with E-state index in [1.54, 1.807) is 14.2 Å². The van der Waals surface area contributed by atoms with Crippen LogP contribution in [0.1, 0.15) is 68.5 Å². The molecule has 0 saturated carbocycles. The molecular weight excluding hydrogens is 524 g/mol. The molecule has 3 aromatic rings. The van der Waals surface area contributed by atoms with Crippen molar-refractivity contribution in [2.75, 3.05) is 24.4 Å². The number of Topliss-reactive ketones (excluding diaryl/α,β-unsaturated/α-hetero) is 1. The smallest absolute Gasteiger partial charge is 0.227 e. The highest BCUT2D eigenvalue weighted by Gasteiger charge is 2.41. The molecule has 40 heavy (non-hydrogen) atoms. The number of para-hydroxylation sites is 2. The van der Waals surface area contributed by atoms with E-state index in [0.717, 1.165) is 47.5 Å². The number of allylic oxidation sites excluding steroid dienone is 1. The second-order valence-corrected chi connectivity index (χ2v) is 10.8. The fourth-order valence-corrected chi connectivity index (χ4v) is 6.05. The zero-order valence-electron chi connectivity index (χ0n) is 23.2. The average Bonchev–Trinajstić information content (AvgIpc) is 3.11. The number of nitrogens with one attached hydrogen (secondary N) is 1. The summed E-state index contributed by atoms with van der Waals surface area (Å²) in [4.78, 5) is 29.9. The summed E-state index contributed by atoms with van der Waals surface area (Å²) in [5, 5.41) is 4.15. The number of benzene rings is 3. The number of methoxy groups -OCH3 is 2. The molecule has 0 aromatic heterocycles. The Hall–Kier alpha value is -3.77. The lowest BCUT2D eigenvalue weighted by atomic mass is 9.78. The molecule has 0 fully saturated rings. The molecule has 0 unspecified atom stereocenters. The molecular formula is C33H35ClN2O4. The molecule has 2 aliphatic rings. The van der Waals surface area contributed by atoms with Crippen molar-refractivity contribution in [3.8, 4) is 11.5 Å². The van der Waals surface area contributed by atoms with Gasteiger partial charge in [0, 0.05) is 29.1 Å². The number of unbranched alkanes of at least 4 members (excludes halogenated alkanes) is 2. The first kappa shape index (κ1) is 27.8. The lowest BCUT2D eigenvalue weighted by Crippen LogP contribution is -2.38. The number of carbonyl (C=O) groups excluding carboxylic acids is 2. The minimum atomic E-state index is -0.585. The molecule has 1 amide bonds. The molecule has 208 valence electrons. The van der Waals surface area contributed by atoms with Gasteiger partial charge in [0.2, 0.25) is 5.91 Å². The predicted octanol–water partition coefficient (Wildman–Crippen LogP) is 7.84. The summed E-state index contributed by atoms with van der Waals surface area (Å²) >= 11 is 6.46. The summed E-state index contributed by atoms with van der Waals surface area (Å²) in [6.07, 6.45) is 4.13. The van der Waals surface area contributed by atoms with Gasteiger partial charge in [-0.25, -0.2) is 0 Å². The lowest BCUT2D eigenvalue weighted by Gasteiger charge is -2.35. The van der Waals surface area contributed by atoms with Crippen LogP contribution < -0.4 is 19.7 Å². The van der Waals surface area contributed by atoms with E-state index < -0.39 is 6.04 Å². The van der Waals surface area contributed by atoms with Gasteiger partial charge in [0.1, 0.15) is 0 Å². The Balaban J connectivity index is 1.64. The van der Waals surface area contributed by atoms with E-state index in [0.29, 0.717) is 41.4 Å². The Bertz CT molecular complexity index is 1450. The summed E-state index contributed by atoms with van der Waals surface area (Å²) in [6, 6.07) is 20.5. The van der Waals surface area contributed by atoms with Crippen LogP contribution in [0, 0.1) is 0 Å². The molecule has 5 rings (SSSR count). The molecule has 1 N–H and O–H groups in total. The van der Waals surface area contributed by atoms with Crippen LogP contribution in [0.15, 0.2) is 78.0 Å². The lowest BCUT2D eigenvalue weighted by molar-refractivity contribution is -0.119. The highest BCUT2D eigenvalue weighted by Crippen LogP contribution is 2.48. The maximum absolute atomic E-state index is 14.2. The number of ketones is 1. The second-order valence-electron chi connectivity index (χ2n) is 10.4. The zero-order valence-corrected chi connectivity index (χ0v) is 24.0. The molecule has 3 aromatic carbocycles. The largest absolute Gasteiger partial charge is 0.493 e. The van der Waals surface area contributed by atoms with E-state index in [-0.39, 0.29) is 17.6 Å². The number of hydrogen-bond donors (Lipinski definition) is 1. The van der Waals surface area contributed by atoms with Crippen LogP contribution in [0.4, 0.5) is 11.4 Å². The first-order valence-electron chi connectivity index (χ1n) is 13.9. The van der Waals surface area contributed by atoms with Crippen LogP contribution in [0.2, 0.25) is 5.02 Å². The third-order valence-corrected chi connectivity index (χ3v) is 8.03. The van der Waals surface area contributed by atoms with Crippen molar-refractivity contribution in [2.24, 2.45) is 0 Å². The molecule has 0 spiro atoms. The number of nitrogens with zero attached hydrogens (tertiary/aromatic N) is 1. The molecule has 0 radical (unpaired) electrons. The van der Waals surface area contributed by atoms with E-state index >= 15 is 0 Å². The quantitative estimate of drug-likeness (QED) is 0.285. The average molecular weight is 559 g/mol. The number of rotatable bonds is 8. The first-order chi connectivity index (χ1) is 19.4. The van der Waals surface area contributed by atoms with Crippen LogP contribution in [0.25, 0.3) is 0 Å². The maximum atomic E-state index is 14.2. The van der Waals surface area contributed by atoms with Crippen LogP contribution in [0.5, 0.6) is 11.5 Å². The summed E-state index contributed by atoms with van der Waals surface area (Å²) in [7, 11) is 3.22. The summed E-state index contributed by atoms with van der Waals surface area (Å²) < 4.78 is 11.0. The van der Waals surface area contributed by atoms with E-state index in [1.807, 2.05) is 71.6 Å². The van der Waals surface area contributed by atoms with E-state index in [2.05, 4.69) is 12.2 Å². The summed E-state index contributed by atoms with van der Waals surface area (Å²) in [5.74, 6) is 1.23. The van der Waals surface area contributed by atoms with Crippen LogP contribution in [0.3, 0.4) is 0 Å². The number of anilines is 2. The van der Waals surface area contributed by atoms with Crippen molar-refractivity contribution in [3.05, 3.63) is 94.1 Å². The van der Waals surface area contributed by atoms with Crippen molar-refractivity contribution in [2.45, 2.75) is 57.4 Å². The molecule has 1 heterocycles. The van der Waals surface area contributed by atoms with Crippen LogP contribution in [-0.4, -0.2) is 25.9 Å². The molecule has 2 atom stereocenters. The van der Waals surface area contributed by atoms with E-state index in [9.17, 15) is 9.59 Å². The fourth-order valence-electron chi connectivity index (χ4n) is 5.85. The normalized spacial score (nSPS) is 18.4. The third-order valence-electron chi connectivity index (χ3n) is 7.79. The maximum Gasteiger partial charge on any atom is 0.227 e. The molecule has 0 saturated heterocycles. The van der Waals surface area contributed by atoms with Crippen molar-refractivity contribution in [3.63, 3.8) is 0 Å². The van der Waals surface area contributed by atoms with Gasteiger partial charge in [-0.15, -0.1) is 0 Å². The first-order valence-corrected chi connectivity index (χ1v) is 14.2. The monoisotopic (exact) mass is 558 g/mol. The van der Waals surface area contributed by atoms with Crippen molar-refractivity contribution < 1.29 is 19.1 Å². The third kappa shape index (κ3) is 5.46. The second kappa shape index (κ2) is 12.2. The topological polar surface area (TPSA) is 67.9 Å². The predicted molar refractivity (Wildman–Crippen MR) is 159 cm³/mol. The molecule has 0 bridgehead atoms. The number of carbonyl (C=O) groups is 2. The van der Waals surface area contributed by atoms with Gasteiger partial charge in [0.05, 0.1) is 31.6 Å².